The smallest absolute Gasteiger partial charge is 0.255 e. The highest BCUT2D eigenvalue weighted by molar-refractivity contribution is 5.99. The van der Waals surface area contributed by atoms with E-state index in [1.165, 1.54) is 30.6 Å². The zero-order chi connectivity index (χ0) is 19.9. The fraction of sp³-hybridized carbons (Fsp3) is 0.136. The molecule has 2 amide bonds. The Kier molecular flexibility index (Phi) is 6.11. The van der Waals surface area contributed by atoms with Crippen molar-refractivity contribution in [3.63, 3.8) is 0 Å². The predicted octanol–water partition coefficient (Wildman–Crippen LogP) is 3.42. The summed E-state index contributed by atoms with van der Waals surface area (Å²) < 4.78 is 12.9. The van der Waals surface area contributed by atoms with E-state index < -0.39 is 0 Å². The second-order valence-electron chi connectivity index (χ2n) is 6.42. The fourth-order valence-corrected chi connectivity index (χ4v) is 2.72. The lowest BCUT2D eigenvalue weighted by Gasteiger charge is -2.17. The van der Waals surface area contributed by atoms with E-state index in [2.05, 4.69) is 10.3 Å². The van der Waals surface area contributed by atoms with Gasteiger partial charge in [0.15, 0.2) is 0 Å². The second-order valence-corrected chi connectivity index (χ2v) is 6.42. The van der Waals surface area contributed by atoms with E-state index in [0.29, 0.717) is 17.7 Å². The lowest BCUT2D eigenvalue weighted by molar-refractivity contribution is 0.0784. The summed E-state index contributed by atoms with van der Waals surface area (Å²) in [5.41, 5.74) is 2.42. The first-order valence-electron chi connectivity index (χ1n) is 8.80. The first kappa shape index (κ1) is 19.2. The topological polar surface area (TPSA) is 62.3 Å². The average Bonchev–Trinajstić information content (AvgIpc) is 2.73. The van der Waals surface area contributed by atoms with Crippen molar-refractivity contribution in [3.8, 4) is 0 Å². The molecule has 1 aromatic heterocycles. The summed E-state index contributed by atoms with van der Waals surface area (Å²) in [6.45, 7) is 0.714. The van der Waals surface area contributed by atoms with E-state index in [0.717, 1.165) is 11.1 Å². The number of pyridine rings is 1. The molecule has 3 aromatic rings. The van der Waals surface area contributed by atoms with Gasteiger partial charge in [-0.1, -0.05) is 42.5 Å². The number of aromatic nitrogens is 1. The van der Waals surface area contributed by atoms with Crippen molar-refractivity contribution < 1.29 is 14.0 Å². The summed E-state index contributed by atoms with van der Waals surface area (Å²) in [4.78, 5) is 30.6. The quantitative estimate of drug-likeness (QED) is 0.716. The van der Waals surface area contributed by atoms with Crippen LogP contribution in [0.5, 0.6) is 0 Å². The molecule has 0 aliphatic rings. The van der Waals surface area contributed by atoms with Crippen LogP contribution in [-0.2, 0) is 13.1 Å². The van der Waals surface area contributed by atoms with Crippen LogP contribution < -0.4 is 5.32 Å². The molecule has 1 N–H and O–H groups in total. The number of benzene rings is 2. The fourth-order valence-electron chi connectivity index (χ4n) is 2.72. The predicted molar refractivity (Wildman–Crippen MR) is 104 cm³/mol. The number of amides is 2. The van der Waals surface area contributed by atoms with Crippen molar-refractivity contribution in [1.29, 1.82) is 0 Å². The molecule has 0 aliphatic carbocycles. The Balaban J connectivity index is 1.64. The van der Waals surface area contributed by atoms with Gasteiger partial charge in [-0.05, 0) is 29.3 Å². The molecule has 0 unspecified atom stereocenters. The molecule has 0 saturated heterocycles. The monoisotopic (exact) mass is 377 g/mol. The maximum absolute atomic E-state index is 12.9. The van der Waals surface area contributed by atoms with Crippen molar-refractivity contribution in [2.24, 2.45) is 0 Å². The number of halogens is 1. The Morgan fingerprint density at radius 3 is 2.36 bits per heavy atom. The molecule has 0 saturated carbocycles. The third-order valence-corrected chi connectivity index (χ3v) is 4.22. The molecule has 0 aliphatic heterocycles. The van der Waals surface area contributed by atoms with Gasteiger partial charge >= 0.3 is 0 Å². The van der Waals surface area contributed by atoms with Gasteiger partial charge in [-0.3, -0.25) is 14.6 Å². The summed E-state index contributed by atoms with van der Waals surface area (Å²) in [6, 6.07) is 17.1. The Labute approximate surface area is 162 Å². The van der Waals surface area contributed by atoms with Crippen LogP contribution in [0.4, 0.5) is 4.39 Å². The molecule has 5 nitrogen and oxygen atoms in total. The summed E-state index contributed by atoms with van der Waals surface area (Å²) in [7, 11) is 1.70. The molecule has 28 heavy (non-hydrogen) atoms. The van der Waals surface area contributed by atoms with Gasteiger partial charge in [-0.2, -0.15) is 0 Å². The molecular weight excluding hydrogens is 357 g/mol. The van der Waals surface area contributed by atoms with E-state index >= 15 is 0 Å². The summed E-state index contributed by atoms with van der Waals surface area (Å²) >= 11 is 0. The van der Waals surface area contributed by atoms with Crippen LogP contribution in [0.3, 0.4) is 0 Å². The van der Waals surface area contributed by atoms with Crippen molar-refractivity contribution in [2.75, 3.05) is 7.05 Å². The molecule has 142 valence electrons. The number of hydrogen-bond donors (Lipinski definition) is 1. The van der Waals surface area contributed by atoms with Gasteiger partial charge < -0.3 is 10.2 Å². The Hall–Kier alpha value is -3.54. The second kappa shape index (κ2) is 8.90. The minimum atomic E-state index is -0.350. The number of nitrogens with zero attached hydrogens (tertiary/aromatic N) is 2. The van der Waals surface area contributed by atoms with Gasteiger partial charge in [-0.25, -0.2) is 4.39 Å². The zero-order valence-corrected chi connectivity index (χ0v) is 15.4. The maximum atomic E-state index is 12.9. The highest BCUT2D eigenvalue weighted by atomic mass is 19.1. The molecule has 6 heteroatoms. The summed E-state index contributed by atoms with van der Waals surface area (Å²) in [5, 5.41) is 2.74. The van der Waals surface area contributed by atoms with Crippen LogP contribution in [0.2, 0.25) is 0 Å². The number of rotatable bonds is 6. The van der Waals surface area contributed by atoms with Gasteiger partial charge in [0.2, 0.25) is 0 Å². The van der Waals surface area contributed by atoms with Gasteiger partial charge in [0.05, 0.1) is 11.1 Å². The first-order valence-corrected chi connectivity index (χ1v) is 8.80. The van der Waals surface area contributed by atoms with Crippen LogP contribution in [0.25, 0.3) is 0 Å². The van der Waals surface area contributed by atoms with Crippen LogP contribution in [0.1, 0.15) is 31.8 Å². The molecule has 2 aromatic carbocycles. The highest BCUT2D eigenvalue weighted by Gasteiger charge is 2.15. The molecular formula is C22H20FN3O2. The average molecular weight is 377 g/mol. The third-order valence-electron chi connectivity index (χ3n) is 4.22. The minimum Gasteiger partial charge on any atom is -0.348 e. The standard InChI is InChI=1S/C22H20FN3O2/c1-26(15-17-5-3-2-4-6-17)22(28)19-11-18(13-24-14-19)21(27)25-12-16-7-9-20(23)10-8-16/h2-11,13-14H,12,15H2,1H3,(H,25,27). The van der Waals surface area contributed by atoms with E-state index in [4.69, 9.17) is 0 Å². The minimum absolute atomic E-state index is 0.218. The molecule has 3 rings (SSSR count). The van der Waals surface area contributed by atoms with Crippen molar-refractivity contribution in [2.45, 2.75) is 13.1 Å². The van der Waals surface area contributed by atoms with Crippen LogP contribution >= 0.6 is 0 Å². The Bertz CT molecular complexity index is 959. The van der Waals surface area contributed by atoms with E-state index in [-0.39, 0.29) is 24.2 Å². The van der Waals surface area contributed by atoms with Crippen molar-refractivity contribution in [3.05, 3.63) is 101 Å². The molecule has 0 radical (unpaired) electrons. The van der Waals surface area contributed by atoms with Crippen LogP contribution in [0, 0.1) is 5.82 Å². The zero-order valence-electron chi connectivity index (χ0n) is 15.4. The lowest BCUT2D eigenvalue weighted by Crippen LogP contribution is -2.27. The largest absolute Gasteiger partial charge is 0.348 e. The molecule has 0 bridgehead atoms. The molecule has 1 heterocycles. The molecule has 0 spiro atoms. The van der Waals surface area contributed by atoms with Crippen LogP contribution in [0.15, 0.2) is 73.1 Å². The Morgan fingerprint density at radius 2 is 1.64 bits per heavy atom. The van der Waals surface area contributed by atoms with Gasteiger partial charge in [0.25, 0.3) is 11.8 Å². The number of carbonyl (C=O) groups excluding carboxylic acids is 2. The van der Waals surface area contributed by atoms with Crippen LogP contribution in [-0.4, -0.2) is 28.7 Å². The van der Waals surface area contributed by atoms with Gasteiger partial charge in [0, 0.05) is 32.5 Å². The maximum Gasteiger partial charge on any atom is 0.255 e. The summed E-state index contributed by atoms with van der Waals surface area (Å²) in [5.74, 6) is -0.896. The summed E-state index contributed by atoms with van der Waals surface area (Å²) in [6.07, 6.45) is 2.86. The number of nitrogens with one attached hydrogen (secondary N) is 1. The molecule has 0 atom stereocenters. The van der Waals surface area contributed by atoms with Crippen molar-refractivity contribution >= 4 is 11.8 Å². The first-order chi connectivity index (χ1) is 13.5. The third kappa shape index (κ3) is 5.01. The van der Waals surface area contributed by atoms with Gasteiger partial charge in [0.1, 0.15) is 5.82 Å². The normalized spacial score (nSPS) is 10.4. The van der Waals surface area contributed by atoms with E-state index in [9.17, 15) is 14.0 Å². The molecule has 0 fully saturated rings. The lowest BCUT2D eigenvalue weighted by atomic mass is 10.1. The number of carbonyl (C=O) groups is 2. The van der Waals surface area contributed by atoms with Crippen molar-refractivity contribution in [1.82, 2.24) is 15.2 Å². The van der Waals surface area contributed by atoms with E-state index in [1.807, 2.05) is 30.3 Å². The number of hydrogen-bond acceptors (Lipinski definition) is 3. The SMILES string of the molecule is CN(Cc1ccccc1)C(=O)c1cncc(C(=O)NCc2ccc(F)cc2)c1. The Morgan fingerprint density at radius 1 is 0.964 bits per heavy atom. The van der Waals surface area contributed by atoms with E-state index in [1.54, 1.807) is 24.1 Å². The van der Waals surface area contributed by atoms with Gasteiger partial charge in [-0.15, -0.1) is 0 Å². The highest BCUT2D eigenvalue weighted by Crippen LogP contribution is 2.10.